The van der Waals surface area contributed by atoms with Gasteiger partial charge in [-0.3, -0.25) is 28.7 Å². The number of rotatable bonds is 7. The van der Waals surface area contributed by atoms with Gasteiger partial charge in [-0.05, 0) is 19.1 Å². The first-order chi connectivity index (χ1) is 15.4. The van der Waals surface area contributed by atoms with E-state index < -0.39 is 54.8 Å². The molecule has 5 atom stereocenters. The summed E-state index contributed by atoms with van der Waals surface area (Å²) in [5, 5.41) is 10.1. The minimum Gasteiger partial charge on any atom is -0.507 e. The molecule has 180 valence electrons. The van der Waals surface area contributed by atoms with Gasteiger partial charge in [0.1, 0.15) is 11.5 Å². The highest BCUT2D eigenvalue weighted by Gasteiger charge is 2.54. The Hall–Kier alpha value is -3.67. The van der Waals surface area contributed by atoms with E-state index in [9.17, 15) is 29.1 Å². The number of carbonyl (C=O) groups is 5. The number of esters is 4. The third-order valence-corrected chi connectivity index (χ3v) is 4.24. The second-order valence-electron chi connectivity index (χ2n) is 7.06. The number of ketones is 1. The highest BCUT2D eigenvalue weighted by atomic mass is 16.8. The summed E-state index contributed by atoms with van der Waals surface area (Å²) in [6, 6.07) is 3.75. The van der Waals surface area contributed by atoms with E-state index >= 15 is 0 Å². The van der Waals surface area contributed by atoms with Gasteiger partial charge in [-0.15, -0.1) is 0 Å². The molecule has 12 nitrogen and oxygen atoms in total. The first kappa shape index (κ1) is 25.6. The van der Waals surface area contributed by atoms with Gasteiger partial charge in [0.15, 0.2) is 11.9 Å². The lowest BCUT2D eigenvalue weighted by Gasteiger charge is -2.43. The molecular weight excluding hydrogens is 444 g/mol. The predicted molar refractivity (Wildman–Crippen MR) is 106 cm³/mol. The number of hydrogen-bond donors (Lipinski definition) is 1. The van der Waals surface area contributed by atoms with Crippen LogP contribution in [0.2, 0.25) is 0 Å². The topological polar surface area (TPSA) is 161 Å². The van der Waals surface area contributed by atoms with Gasteiger partial charge in [0.25, 0.3) is 0 Å². The number of phenolic OH excluding ortho intramolecular Hbond substituents is 1. The Morgan fingerprint density at radius 2 is 1.21 bits per heavy atom. The zero-order valence-electron chi connectivity index (χ0n) is 18.6. The van der Waals surface area contributed by atoms with Crippen LogP contribution in [0.3, 0.4) is 0 Å². The van der Waals surface area contributed by atoms with Gasteiger partial charge in [0.2, 0.25) is 24.8 Å². The van der Waals surface area contributed by atoms with Crippen LogP contribution in [0, 0.1) is 0 Å². The third-order valence-electron chi connectivity index (χ3n) is 4.24. The zero-order valence-corrected chi connectivity index (χ0v) is 18.6. The average Bonchev–Trinajstić information content (AvgIpc) is 2.65. The number of hydrogen-bond acceptors (Lipinski definition) is 12. The van der Waals surface area contributed by atoms with Gasteiger partial charge in [-0.25, -0.2) is 0 Å². The summed E-state index contributed by atoms with van der Waals surface area (Å²) in [7, 11) is 0. The number of carbonyl (C=O) groups excluding carboxylic acids is 5. The van der Waals surface area contributed by atoms with Crippen molar-refractivity contribution in [2.24, 2.45) is 0 Å². The molecule has 2 rings (SSSR count). The van der Waals surface area contributed by atoms with E-state index in [1.165, 1.54) is 19.1 Å². The van der Waals surface area contributed by atoms with E-state index in [0.29, 0.717) is 0 Å². The molecule has 0 spiro atoms. The maximum Gasteiger partial charge on any atom is 0.305 e. The molecule has 1 aliphatic heterocycles. The quantitative estimate of drug-likeness (QED) is 0.344. The maximum absolute atomic E-state index is 11.8. The van der Waals surface area contributed by atoms with Crippen molar-refractivity contribution in [2.45, 2.75) is 65.5 Å². The maximum atomic E-state index is 11.8. The van der Waals surface area contributed by atoms with Gasteiger partial charge in [-0.1, -0.05) is 0 Å². The van der Waals surface area contributed by atoms with Crippen molar-refractivity contribution in [3.8, 4) is 11.5 Å². The van der Waals surface area contributed by atoms with Gasteiger partial charge in [0, 0.05) is 33.8 Å². The monoisotopic (exact) mass is 468 g/mol. The number of benzene rings is 1. The molecule has 1 N–H and O–H groups in total. The number of phenols is 1. The molecule has 1 aliphatic rings. The van der Waals surface area contributed by atoms with Crippen LogP contribution < -0.4 is 4.74 Å². The van der Waals surface area contributed by atoms with E-state index in [2.05, 4.69) is 0 Å². The Kier molecular flexibility index (Phi) is 8.35. The lowest BCUT2D eigenvalue weighted by molar-refractivity contribution is -0.328. The van der Waals surface area contributed by atoms with Crippen LogP contribution in [0.1, 0.15) is 45.0 Å². The fourth-order valence-corrected chi connectivity index (χ4v) is 3.11. The van der Waals surface area contributed by atoms with E-state index in [0.717, 1.165) is 33.8 Å². The summed E-state index contributed by atoms with van der Waals surface area (Å²) < 4.78 is 31.9. The standard InChI is InChI=1S/C21H24O12/c1-9(22)15-7-6-14(8-16(15)27)32-21-19(30-12(4)25)17(28-10(2)23)18(29-11(3)24)20(33-21)31-13(5)26/h6-8,17-21,27H,1-5H3. The highest BCUT2D eigenvalue weighted by molar-refractivity contribution is 5.96. The molecule has 0 saturated carbocycles. The van der Waals surface area contributed by atoms with Crippen molar-refractivity contribution in [1.29, 1.82) is 0 Å². The second-order valence-corrected chi connectivity index (χ2v) is 7.06. The molecule has 0 aromatic heterocycles. The van der Waals surface area contributed by atoms with Gasteiger partial charge < -0.3 is 28.8 Å². The van der Waals surface area contributed by atoms with Gasteiger partial charge in [0.05, 0.1) is 5.56 Å². The van der Waals surface area contributed by atoms with Crippen molar-refractivity contribution in [3.05, 3.63) is 23.8 Å². The first-order valence-electron chi connectivity index (χ1n) is 9.74. The minimum absolute atomic E-state index is 0.0197. The molecule has 1 heterocycles. The number of aromatic hydroxyl groups is 1. The van der Waals surface area contributed by atoms with E-state index in [1.807, 2.05) is 0 Å². The summed E-state index contributed by atoms with van der Waals surface area (Å²) >= 11 is 0. The van der Waals surface area contributed by atoms with Crippen LogP contribution in [-0.4, -0.2) is 65.7 Å². The SMILES string of the molecule is CC(=O)OC1OC(Oc2ccc(C(C)=O)c(O)c2)C(OC(C)=O)C(OC(C)=O)C1OC(C)=O. The van der Waals surface area contributed by atoms with Crippen molar-refractivity contribution < 1.29 is 57.5 Å². The van der Waals surface area contributed by atoms with Crippen molar-refractivity contribution in [3.63, 3.8) is 0 Å². The molecule has 1 aromatic rings. The Balaban J connectivity index is 2.48. The lowest BCUT2D eigenvalue weighted by atomic mass is 10.0. The van der Waals surface area contributed by atoms with Crippen LogP contribution in [0.5, 0.6) is 11.5 Å². The zero-order chi connectivity index (χ0) is 24.9. The molecule has 0 amide bonds. The summed E-state index contributed by atoms with van der Waals surface area (Å²) in [5.74, 6) is -4.05. The average molecular weight is 468 g/mol. The molecule has 0 radical (unpaired) electrons. The lowest BCUT2D eigenvalue weighted by Crippen LogP contribution is -2.63. The fourth-order valence-electron chi connectivity index (χ4n) is 3.11. The molecular formula is C21H24O12. The Morgan fingerprint density at radius 3 is 1.67 bits per heavy atom. The minimum atomic E-state index is -1.60. The molecule has 1 fully saturated rings. The molecule has 0 bridgehead atoms. The van der Waals surface area contributed by atoms with Crippen LogP contribution in [0.25, 0.3) is 0 Å². The molecule has 1 saturated heterocycles. The van der Waals surface area contributed by atoms with E-state index in [1.54, 1.807) is 0 Å². The number of Topliss-reactive ketones (excluding diaryl/α,β-unsaturated/α-hetero) is 1. The Bertz CT molecular complexity index is 939. The third kappa shape index (κ3) is 6.91. The van der Waals surface area contributed by atoms with E-state index in [-0.39, 0.29) is 22.8 Å². The smallest absolute Gasteiger partial charge is 0.305 e. The van der Waals surface area contributed by atoms with E-state index in [4.69, 9.17) is 28.4 Å². The van der Waals surface area contributed by atoms with Crippen LogP contribution in [0.4, 0.5) is 0 Å². The predicted octanol–water partition coefficient (Wildman–Crippen LogP) is 1.01. The summed E-state index contributed by atoms with van der Waals surface area (Å²) in [5.41, 5.74) is 0.0361. The van der Waals surface area contributed by atoms with Gasteiger partial charge >= 0.3 is 23.9 Å². The van der Waals surface area contributed by atoms with Crippen LogP contribution in [-0.2, 0) is 42.9 Å². The van der Waals surface area contributed by atoms with Crippen molar-refractivity contribution >= 4 is 29.7 Å². The van der Waals surface area contributed by atoms with Crippen LogP contribution >= 0.6 is 0 Å². The Labute approximate surface area is 188 Å². The molecule has 0 aliphatic carbocycles. The summed E-state index contributed by atoms with van der Waals surface area (Å²) in [6.07, 6.45) is -7.59. The summed E-state index contributed by atoms with van der Waals surface area (Å²) in [6.45, 7) is 5.55. The second kappa shape index (κ2) is 10.8. The van der Waals surface area contributed by atoms with Crippen molar-refractivity contribution in [1.82, 2.24) is 0 Å². The fraction of sp³-hybridized carbons (Fsp3) is 0.476. The largest absolute Gasteiger partial charge is 0.507 e. The number of ether oxygens (including phenoxy) is 6. The van der Waals surface area contributed by atoms with Crippen molar-refractivity contribution in [2.75, 3.05) is 0 Å². The highest BCUT2D eigenvalue weighted by Crippen LogP contribution is 2.32. The Morgan fingerprint density at radius 1 is 0.727 bits per heavy atom. The van der Waals surface area contributed by atoms with Crippen LogP contribution in [0.15, 0.2) is 18.2 Å². The molecule has 12 heteroatoms. The van der Waals surface area contributed by atoms with Gasteiger partial charge in [-0.2, -0.15) is 0 Å². The normalized spacial score (nSPS) is 24.2. The molecule has 33 heavy (non-hydrogen) atoms. The first-order valence-corrected chi connectivity index (χ1v) is 9.74. The summed E-state index contributed by atoms with van der Waals surface area (Å²) in [4.78, 5) is 58.3. The molecule has 1 aromatic carbocycles. The molecule has 5 unspecified atom stereocenters.